The van der Waals surface area contributed by atoms with Crippen LogP contribution in [0, 0.1) is 0 Å². The molecule has 0 aliphatic carbocycles. The monoisotopic (exact) mass is 224 g/mol. The molecule has 0 radical (unpaired) electrons. The minimum absolute atomic E-state index is 0.0301. The van der Waals surface area contributed by atoms with Crippen molar-refractivity contribution < 1.29 is 16.8 Å². The first kappa shape index (κ1) is 10.2. The fourth-order valence-corrected chi connectivity index (χ4v) is 2.53. The molecule has 0 unspecified atom stereocenters. The molecule has 0 saturated heterocycles. The van der Waals surface area contributed by atoms with Gasteiger partial charge in [0.25, 0.3) is 10.0 Å². The van der Waals surface area contributed by atoms with Crippen LogP contribution in [0.3, 0.4) is 0 Å². The molecule has 0 fully saturated rings. The summed E-state index contributed by atoms with van der Waals surface area (Å²) in [5.74, 6) is -0.401. The maximum atomic E-state index is 10.9. The normalized spacial score (nSPS) is 21.0. The Balaban J connectivity index is 3.12. The highest BCUT2D eigenvalue weighted by Crippen LogP contribution is 2.15. The standard InChI is InChI=1S/C5H8N2O4S2/c1-12(8,9)3-4-2-7-13(10,11)5(4)6/h2H,3,6H2,1H3. The first-order chi connectivity index (χ1) is 5.72. The highest BCUT2D eigenvalue weighted by molar-refractivity contribution is 7.94. The lowest BCUT2D eigenvalue weighted by Crippen LogP contribution is -2.13. The summed E-state index contributed by atoms with van der Waals surface area (Å²) in [6, 6.07) is 0. The van der Waals surface area contributed by atoms with Gasteiger partial charge in [-0.05, 0) is 0 Å². The Bertz CT molecular complexity index is 483. The summed E-state index contributed by atoms with van der Waals surface area (Å²) in [5.41, 5.74) is 5.20. The van der Waals surface area contributed by atoms with Crippen molar-refractivity contribution in [2.75, 3.05) is 12.0 Å². The Kier molecular flexibility index (Phi) is 2.20. The van der Waals surface area contributed by atoms with Gasteiger partial charge in [0.2, 0.25) is 0 Å². The van der Waals surface area contributed by atoms with E-state index in [1.807, 2.05) is 0 Å². The van der Waals surface area contributed by atoms with Crippen LogP contribution in [0.5, 0.6) is 0 Å². The SMILES string of the molecule is CS(=O)(=O)CC1=C(N)S(=O)(=O)N=C1. The Morgan fingerprint density at radius 2 is 2.08 bits per heavy atom. The molecule has 2 N–H and O–H groups in total. The summed E-state index contributed by atoms with van der Waals surface area (Å²) in [4.78, 5) is 0. The van der Waals surface area contributed by atoms with Crippen molar-refractivity contribution >= 4 is 26.1 Å². The van der Waals surface area contributed by atoms with Crippen LogP contribution in [0.2, 0.25) is 0 Å². The summed E-state index contributed by atoms with van der Waals surface area (Å²) in [6.45, 7) is 0. The topological polar surface area (TPSA) is 107 Å². The van der Waals surface area contributed by atoms with E-state index in [1.165, 1.54) is 0 Å². The van der Waals surface area contributed by atoms with Crippen LogP contribution in [0.4, 0.5) is 0 Å². The van der Waals surface area contributed by atoms with Crippen molar-refractivity contribution in [3.05, 3.63) is 10.6 Å². The molecule has 0 amide bonds. The molecule has 1 aliphatic rings. The van der Waals surface area contributed by atoms with Crippen molar-refractivity contribution in [3.63, 3.8) is 0 Å². The van der Waals surface area contributed by atoms with E-state index in [4.69, 9.17) is 5.73 Å². The molecule has 1 heterocycles. The van der Waals surface area contributed by atoms with Crippen molar-refractivity contribution in [3.8, 4) is 0 Å². The molecule has 1 rings (SSSR count). The van der Waals surface area contributed by atoms with Crippen LogP contribution >= 0.6 is 0 Å². The molecule has 0 spiro atoms. The zero-order valence-corrected chi connectivity index (χ0v) is 8.39. The van der Waals surface area contributed by atoms with Gasteiger partial charge in [-0.1, -0.05) is 0 Å². The van der Waals surface area contributed by atoms with Gasteiger partial charge in [-0.25, -0.2) is 8.42 Å². The minimum Gasteiger partial charge on any atom is -0.388 e. The van der Waals surface area contributed by atoms with E-state index >= 15 is 0 Å². The summed E-state index contributed by atoms with van der Waals surface area (Å²) >= 11 is 0. The second kappa shape index (κ2) is 2.81. The predicted octanol–water partition coefficient (Wildman–Crippen LogP) is -1.38. The zero-order chi connectivity index (χ0) is 10.3. The Morgan fingerprint density at radius 1 is 1.54 bits per heavy atom. The van der Waals surface area contributed by atoms with Gasteiger partial charge in [0, 0.05) is 18.0 Å². The van der Waals surface area contributed by atoms with Gasteiger partial charge in [-0.2, -0.15) is 12.8 Å². The molecule has 0 atom stereocenters. The third kappa shape index (κ3) is 2.28. The maximum absolute atomic E-state index is 10.9. The van der Waals surface area contributed by atoms with Crippen LogP contribution in [0.25, 0.3) is 0 Å². The van der Waals surface area contributed by atoms with Crippen LogP contribution < -0.4 is 5.73 Å². The van der Waals surface area contributed by atoms with E-state index in [1.54, 1.807) is 0 Å². The molecule has 0 aromatic heterocycles. The average Bonchev–Trinajstić information content (AvgIpc) is 2.13. The summed E-state index contributed by atoms with van der Waals surface area (Å²) in [7, 11) is -7.07. The lowest BCUT2D eigenvalue weighted by molar-refractivity contribution is 0.604. The van der Waals surface area contributed by atoms with Crippen LogP contribution in [-0.4, -0.2) is 35.1 Å². The molecular formula is C5H8N2O4S2. The molecule has 6 nitrogen and oxygen atoms in total. The summed E-state index contributed by atoms with van der Waals surface area (Å²) in [6.07, 6.45) is 1.96. The van der Waals surface area contributed by atoms with Crippen LogP contribution in [0.15, 0.2) is 15.0 Å². The summed E-state index contributed by atoms with van der Waals surface area (Å²) in [5, 5.41) is -0.474. The number of sulfonamides is 1. The zero-order valence-electron chi connectivity index (χ0n) is 6.76. The molecular weight excluding hydrogens is 216 g/mol. The van der Waals surface area contributed by atoms with Crippen molar-refractivity contribution in [2.24, 2.45) is 10.1 Å². The van der Waals surface area contributed by atoms with Gasteiger partial charge >= 0.3 is 0 Å². The lowest BCUT2D eigenvalue weighted by Gasteiger charge is -1.97. The second-order valence-electron chi connectivity index (χ2n) is 2.67. The Labute approximate surface area is 76.1 Å². The van der Waals surface area contributed by atoms with Gasteiger partial charge in [-0.15, -0.1) is 0 Å². The maximum Gasteiger partial charge on any atom is 0.297 e. The molecule has 0 aromatic rings. The summed E-state index contributed by atoms with van der Waals surface area (Å²) < 4.78 is 46.5. The predicted molar refractivity (Wildman–Crippen MR) is 48.3 cm³/mol. The fraction of sp³-hybridized carbons (Fsp3) is 0.400. The first-order valence-electron chi connectivity index (χ1n) is 3.19. The van der Waals surface area contributed by atoms with E-state index in [0.717, 1.165) is 12.5 Å². The highest BCUT2D eigenvalue weighted by Gasteiger charge is 2.24. The van der Waals surface area contributed by atoms with Crippen molar-refractivity contribution in [2.45, 2.75) is 0 Å². The molecule has 8 heteroatoms. The van der Waals surface area contributed by atoms with E-state index in [9.17, 15) is 16.8 Å². The lowest BCUT2D eigenvalue weighted by atomic mass is 10.4. The highest BCUT2D eigenvalue weighted by atomic mass is 32.2. The second-order valence-corrected chi connectivity index (χ2v) is 6.41. The number of hydrogen-bond acceptors (Lipinski definition) is 5. The molecule has 0 saturated carbocycles. The fourth-order valence-electron chi connectivity index (χ4n) is 0.810. The third-order valence-electron chi connectivity index (χ3n) is 1.36. The molecule has 0 bridgehead atoms. The van der Waals surface area contributed by atoms with Gasteiger partial charge in [0.05, 0.1) is 5.75 Å². The average molecular weight is 224 g/mol. The smallest absolute Gasteiger partial charge is 0.297 e. The Hall–Kier alpha value is -0.890. The van der Waals surface area contributed by atoms with Gasteiger partial charge in [-0.3, -0.25) is 0 Å². The molecule has 1 aliphatic heterocycles. The first-order valence-corrected chi connectivity index (χ1v) is 6.69. The van der Waals surface area contributed by atoms with Crippen molar-refractivity contribution in [1.29, 1.82) is 0 Å². The molecule has 13 heavy (non-hydrogen) atoms. The van der Waals surface area contributed by atoms with E-state index < -0.39 is 30.6 Å². The Morgan fingerprint density at radius 3 is 2.38 bits per heavy atom. The van der Waals surface area contributed by atoms with Gasteiger partial charge in [0.15, 0.2) is 14.9 Å². The van der Waals surface area contributed by atoms with Crippen LogP contribution in [0.1, 0.15) is 0 Å². The van der Waals surface area contributed by atoms with E-state index in [-0.39, 0.29) is 5.57 Å². The number of nitrogens with two attached hydrogens (primary N) is 1. The number of nitrogens with zero attached hydrogens (tertiary/aromatic N) is 1. The molecule has 0 aromatic carbocycles. The van der Waals surface area contributed by atoms with E-state index in [0.29, 0.717) is 0 Å². The van der Waals surface area contributed by atoms with Gasteiger partial charge < -0.3 is 5.73 Å². The van der Waals surface area contributed by atoms with Crippen LogP contribution in [-0.2, 0) is 19.9 Å². The molecule has 74 valence electrons. The number of hydrogen-bond donors (Lipinski definition) is 1. The third-order valence-corrected chi connectivity index (χ3v) is 3.40. The largest absolute Gasteiger partial charge is 0.388 e. The van der Waals surface area contributed by atoms with Gasteiger partial charge in [0.1, 0.15) is 0 Å². The van der Waals surface area contributed by atoms with E-state index in [2.05, 4.69) is 4.40 Å². The quantitative estimate of drug-likeness (QED) is 0.621. The number of rotatable bonds is 2. The number of sulfone groups is 1. The van der Waals surface area contributed by atoms with Crippen molar-refractivity contribution in [1.82, 2.24) is 0 Å². The minimum atomic E-state index is -3.78.